The molecule has 0 atom stereocenters. The van der Waals surface area contributed by atoms with Gasteiger partial charge in [-0.25, -0.2) is 4.98 Å². The fraction of sp³-hybridized carbons (Fsp3) is 0. The molecule has 3 heteroatoms. The van der Waals surface area contributed by atoms with Gasteiger partial charge in [-0.2, -0.15) is 0 Å². The van der Waals surface area contributed by atoms with E-state index in [9.17, 15) is 0 Å². The Morgan fingerprint density at radius 2 is 1.22 bits per heavy atom. The van der Waals surface area contributed by atoms with Gasteiger partial charge in [0.1, 0.15) is 5.82 Å². The zero-order valence-corrected chi connectivity index (χ0v) is 20.0. The van der Waals surface area contributed by atoms with Crippen molar-refractivity contribution in [3.05, 3.63) is 109 Å². The second-order valence-corrected chi connectivity index (χ2v) is 10.6. The van der Waals surface area contributed by atoms with Gasteiger partial charge in [0.05, 0.1) is 11.0 Å². The van der Waals surface area contributed by atoms with Gasteiger partial charge >= 0.3 is 0 Å². The standard InChI is InChI=1S/C33H18N2S/c1-2-10-20-19(9-1)21-12-7-14-24-28(21)31-29-22(20)13-8-15-25(29)35(27-17-5-6-18-34-27)32(31)30-23-11-3-4-16-26(23)36-33(24)30/h1-18H. The van der Waals surface area contributed by atoms with E-state index in [4.69, 9.17) is 4.98 Å². The van der Waals surface area contributed by atoms with Gasteiger partial charge in [0.15, 0.2) is 0 Å². The van der Waals surface area contributed by atoms with Crippen molar-refractivity contribution in [2.75, 3.05) is 0 Å². The van der Waals surface area contributed by atoms with Gasteiger partial charge in [0, 0.05) is 47.9 Å². The second kappa shape index (κ2) is 6.60. The zero-order valence-electron chi connectivity index (χ0n) is 19.2. The highest BCUT2D eigenvalue weighted by Crippen LogP contribution is 2.54. The van der Waals surface area contributed by atoms with Gasteiger partial charge < -0.3 is 0 Å². The SMILES string of the molecule is c1ccc(-n2c3cccc4c3c3c5c(cccc5c5sc6ccccc6c5c32)-c2ccccc2-4)nc1. The van der Waals surface area contributed by atoms with Gasteiger partial charge in [-0.1, -0.05) is 78.9 Å². The molecule has 0 radical (unpaired) electrons. The first kappa shape index (κ1) is 18.8. The van der Waals surface area contributed by atoms with Crippen LogP contribution in [0.1, 0.15) is 0 Å². The Balaban J connectivity index is 1.72. The minimum Gasteiger partial charge on any atom is -0.293 e. The fourth-order valence-electron chi connectivity index (χ4n) is 6.43. The Kier molecular flexibility index (Phi) is 3.45. The van der Waals surface area contributed by atoms with E-state index in [1.807, 2.05) is 23.6 Å². The first-order valence-electron chi connectivity index (χ1n) is 12.2. The zero-order chi connectivity index (χ0) is 23.4. The molecule has 1 aliphatic rings. The molecule has 3 aromatic heterocycles. The largest absolute Gasteiger partial charge is 0.293 e. The highest BCUT2D eigenvalue weighted by molar-refractivity contribution is 7.27. The molecule has 36 heavy (non-hydrogen) atoms. The molecule has 9 rings (SSSR count). The van der Waals surface area contributed by atoms with E-state index in [1.165, 1.54) is 75.0 Å². The molecule has 0 saturated carbocycles. The first-order chi connectivity index (χ1) is 17.9. The van der Waals surface area contributed by atoms with E-state index in [0.29, 0.717) is 0 Å². The molecule has 166 valence electrons. The average Bonchev–Trinajstić information content (AvgIpc) is 3.46. The smallest absolute Gasteiger partial charge is 0.137 e. The summed E-state index contributed by atoms with van der Waals surface area (Å²) in [4.78, 5) is 4.85. The van der Waals surface area contributed by atoms with Crippen LogP contribution in [0, 0.1) is 0 Å². The number of hydrogen-bond acceptors (Lipinski definition) is 2. The molecule has 0 spiro atoms. The minimum atomic E-state index is 0.955. The van der Waals surface area contributed by atoms with Crippen LogP contribution in [0.3, 0.4) is 0 Å². The predicted molar refractivity (Wildman–Crippen MR) is 153 cm³/mol. The summed E-state index contributed by atoms with van der Waals surface area (Å²) < 4.78 is 5.07. The van der Waals surface area contributed by atoms with Gasteiger partial charge in [0.25, 0.3) is 0 Å². The molecule has 1 aliphatic carbocycles. The monoisotopic (exact) mass is 474 g/mol. The van der Waals surface area contributed by atoms with Gasteiger partial charge in [-0.05, 0) is 46.5 Å². The van der Waals surface area contributed by atoms with Gasteiger partial charge in [0.2, 0.25) is 0 Å². The summed E-state index contributed by atoms with van der Waals surface area (Å²) in [6.45, 7) is 0. The van der Waals surface area contributed by atoms with Crippen LogP contribution in [-0.2, 0) is 0 Å². The molecular formula is C33H18N2S. The first-order valence-corrected chi connectivity index (χ1v) is 13.1. The summed E-state index contributed by atoms with van der Waals surface area (Å²) in [5.74, 6) is 0.955. The Morgan fingerprint density at radius 1 is 0.528 bits per heavy atom. The lowest BCUT2D eigenvalue weighted by Gasteiger charge is -2.14. The maximum absolute atomic E-state index is 4.85. The quantitative estimate of drug-likeness (QED) is 0.232. The number of hydrogen-bond donors (Lipinski definition) is 0. The van der Waals surface area contributed by atoms with Crippen molar-refractivity contribution in [2.45, 2.75) is 0 Å². The van der Waals surface area contributed by atoms with Crippen LogP contribution >= 0.6 is 11.3 Å². The number of nitrogens with zero attached hydrogens (tertiary/aromatic N) is 2. The van der Waals surface area contributed by atoms with Crippen LogP contribution in [-0.4, -0.2) is 9.55 Å². The Labute approximate surface area is 210 Å². The van der Waals surface area contributed by atoms with Crippen LogP contribution in [0.25, 0.3) is 80.8 Å². The number of thiophene rings is 1. The van der Waals surface area contributed by atoms with Crippen molar-refractivity contribution in [1.82, 2.24) is 9.55 Å². The molecular weight excluding hydrogens is 456 g/mol. The van der Waals surface area contributed by atoms with Crippen molar-refractivity contribution in [3.8, 4) is 28.1 Å². The van der Waals surface area contributed by atoms with E-state index in [-0.39, 0.29) is 0 Å². The van der Waals surface area contributed by atoms with Gasteiger partial charge in [-0.15, -0.1) is 11.3 Å². The maximum atomic E-state index is 4.85. The lowest BCUT2D eigenvalue weighted by atomic mass is 9.93. The third-order valence-electron chi connectivity index (χ3n) is 7.77. The normalized spacial score (nSPS) is 12.4. The number of rotatable bonds is 1. The number of pyridine rings is 1. The van der Waals surface area contributed by atoms with E-state index in [0.717, 1.165) is 5.82 Å². The summed E-state index contributed by atoms with van der Waals surface area (Å²) in [5, 5.41) is 7.98. The van der Waals surface area contributed by atoms with Crippen molar-refractivity contribution in [1.29, 1.82) is 0 Å². The van der Waals surface area contributed by atoms with Gasteiger partial charge in [-0.3, -0.25) is 4.57 Å². The minimum absolute atomic E-state index is 0.955. The number of aromatic nitrogens is 2. The average molecular weight is 475 g/mol. The van der Waals surface area contributed by atoms with Crippen molar-refractivity contribution in [2.24, 2.45) is 0 Å². The molecule has 0 N–H and O–H groups in total. The summed E-state index contributed by atoms with van der Waals surface area (Å²) in [7, 11) is 0. The molecule has 0 bridgehead atoms. The van der Waals surface area contributed by atoms with Crippen LogP contribution in [0.2, 0.25) is 0 Å². The number of fused-ring (bicyclic) bond motifs is 8. The molecule has 8 aromatic rings. The highest BCUT2D eigenvalue weighted by atomic mass is 32.1. The fourth-order valence-corrected chi connectivity index (χ4v) is 7.66. The van der Waals surface area contributed by atoms with E-state index in [2.05, 4.69) is 102 Å². The summed E-state index contributed by atoms with van der Waals surface area (Å²) in [6, 6.07) is 37.5. The molecule has 0 unspecified atom stereocenters. The predicted octanol–water partition coefficient (Wildman–Crippen LogP) is 9.35. The Hall–Kier alpha value is -4.47. The highest BCUT2D eigenvalue weighted by Gasteiger charge is 2.28. The van der Waals surface area contributed by atoms with Crippen LogP contribution < -0.4 is 0 Å². The maximum Gasteiger partial charge on any atom is 0.137 e. The third kappa shape index (κ3) is 2.16. The topological polar surface area (TPSA) is 17.8 Å². The summed E-state index contributed by atoms with van der Waals surface area (Å²) >= 11 is 1.90. The van der Waals surface area contributed by atoms with E-state index < -0.39 is 0 Å². The summed E-state index contributed by atoms with van der Waals surface area (Å²) in [5.41, 5.74) is 7.66. The Morgan fingerprint density at radius 3 is 2.06 bits per heavy atom. The van der Waals surface area contributed by atoms with E-state index >= 15 is 0 Å². The number of benzene rings is 5. The molecule has 3 heterocycles. The van der Waals surface area contributed by atoms with Crippen LogP contribution in [0.5, 0.6) is 0 Å². The lowest BCUT2D eigenvalue weighted by molar-refractivity contribution is 1.08. The third-order valence-corrected chi connectivity index (χ3v) is 8.98. The van der Waals surface area contributed by atoms with Crippen molar-refractivity contribution < 1.29 is 0 Å². The molecule has 0 amide bonds. The van der Waals surface area contributed by atoms with Crippen LogP contribution in [0.15, 0.2) is 109 Å². The molecule has 5 aromatic carbocycles. The Bertz CT molecular complexity index is 2200. The van der Waals surface area contributed by atoms with Crippen molar-refractivity contribution in [3.63, 3.8) is 0 Å². The molecule has 2 nitrogen and oxygen atoms in total. The molecule has 0 aliphatic heterocycles. The summed E-state index contributed by atoms with van der Waals surface area (Å²) in [6.07, 6.45) is 1.90. The van der Waals surface area contributed by atoms with E-state index in [1.54, 1.807) is 0 Å². The molecule has 0 saturated heterocycles. The van der Waals surface area contributed by atoms with Crippen LogP contribution in [0.4, 0.5) is 0 Å². The van der Waals surface area contributed by atoms with Crippen molar-refractivity contribution >= 4 is 64.1 Å². The molecule has 0 fully saturated rings. The lowest BCUT2D eigenvalue weighted by Crippen LogP contribution is -1.97. The second-order valence-electron chi connectivity index (χ2n) is 9.52.